The summed E-state index contributed by atoms with van der Waals surface area (Å²) in [5.41, 5.74) is 0.998. The van der Waals surface area contributed by atoms with E-state index in [1.807, 2.05) is 18.2 Å². The molecule has 2 aromatic heterocycles. The fourth-order valence-corrected chi connectivity index (χ4v) is 3.17. The number of hydrogen-bond acceptors (Lipinski definition) is 7. The molecule has 0 radical (unpaired) electrons. The maximum absolute atomic E-state index is 12.1. The largest absolute Gasteiger partial charge is 0.493 e. The van der Waals surface area contributed by atoms with Crippen molar-refractivity contribution in [2.45, 2.75) is 13.0 Å². The SMILES string of the molecule is COC(=O)[C@H](C)Oc1ccc2oc(=O)cc(-c3cc4cccc(OC)c4o3)c2c1. The minimum Gasteiger partial charge on any atom is -0.493 e. The summed E-state index contributed by atoms with van der Waals surface area (Å²) in [5, 5.41) is 1.45. The molecule has 0 aliphatic rings. The summed E-state index contributed by atoms with van der Waals surface area (Å²) in [6.07, 6.45) is -0.785. The number of benzene rings is 2. The number of esters is 1. The molecule has 0 amide bonds. The Morgan fingerprint density at radius 1 is 1.03 bits per heavy atom. The Morgan fingerprint density at radius 3 is 2.62 bits per heavy atom. The number of carbonyl (C=O) groups is 1. The van der Waals surface area contributed by atoms with E-state index in [0.717, 1.165) is 5.39 Å². The van der Waals surface area contributed by atoms with Crippen molar-refractivity contribution in [1.29, 1.82) is 0 Å². The Morgan fingerprint density at radius 2 is 1.86 bits per heavy atom. The lowest BCUT2D eigenvalue weighted by atomic mass is 10.1. The molecule has 0 aliphatic carbocycles. The van der Waals surface area contributed by atoms with E-state index in [1.54, 1.807) is 38.3 Å². The number of methoxy groups -OCH3 is 2. The minimum atomic E-state index is -0.785. The molecule has 7 nitrogen and oxygen atoms in total. The zero-order valence-electron chi connectivity index (χ0n) is 16.1. The van der Waals surface area contributed by atoms with Gasteiger partial charge in [0.2, 0.25) is 0 Å². The van der Waals surface area contributed by atoms with Crippen molar-refractivity contribution in [2.75, 3.05) is 14.2 Å². The molecule has 29 heavy (non-hydrogen) atoms. The number of rotatable bonds is 5. The van der Waals surface area contributed by atoms with Crippen molar-refractivity contribution < 1.29 is 27.8 Å². The van der Waals surface area contributed by atoms with Gasteiger partial charge in [-0.25, -0.2) is 9.59 Å². The van der Waals surface area contributed by atoms with Crippen LogP contribution in [0.4, 0.5) is 0 Å². The first kappa shape index (κ1) is 18.6. The van der Waals surface area contributed by atoms with Gasteiger partial charge < -0.3 is 23.0 Å². The molecule has 0 bridgehead atoms. The van der Waals surface area contributed by atoms with E-state index < -0.39 is 17.7 Å². The van der Waals surface area contributed by atoms with Crippen LogP contribution in [0.25, 0.3) is 33.3 Å². The summed E-state index contributed by atoms with van der Waals surface area (Å²) >= 11 is 0. The van der Waals surface area contributed by atoms with E-state index in [9.17, 15) is 9.59 Å². The summed E-state index contributed by atoms with van der Waals surface area (Å²) in [6, 6.07) is 13.7. The van der Waals surface area contributed by atoms with Gasteiger partial charge in [-0.2, -0.15) is 0 Å². The molecule has 0 N–H and O–H groups in total. The van der Waals surface area contributed by atoms with Gasteiger partial charge in [0.15, 0.2) is 17.4 Å². The maximum atomic E-state index is 12.1. The molecule has 0 aliphatic heterocycles. The van der Waals surface area contributed by atoms with Gasteiger partial charge in [-0.3, -0.25) is 0 Å². The zero-order valence-corrected chi connectivity index (χ0v) is 16.1. The van der Waals surface area contributed by atoms with Crippen LogP contribution in [0.5, 0.6) is 11.5 Å². The Labute approximate surface area is 165 Å². The second kappa shape index (κ2) is 7.35. The molecule has 0 saturated carbocycles. The number of fused-ring (bicyclic) bond motifs is 2. The van der Waals surface area contributed by atoms with Crippen LogP contribution < -0.4 is 15.1 Å². The second-order valence-corrected chi connectivity index (χ2v) is 6.41. The van der Waals surface area contributed by atoms with Crippen LogP contribution in [0.3, 0.4) is 0 Å². The molecule has 0 saturated heterocycles. The third kappa shape index (κ3) is 3.42. The van der Waals surface area contributed by atoms with E-state index in [-0.39, 0.29) is 0 Å². The quantitative estimate of drug-likeness (QED) is 0.371. The predicted molar refractivity (Wildman–Crippen MR) is 106 cm³/mol. The number of carbonyl (C=O) groups excluding carboxylic acids is 1. The van der Waals surface area contributed by atoms with Crippen LogP contribution in [-0.2, 0) is 9.53 Å². The lowest BCUT2D eigenvalue weighted by molar-refractivity contribution is -0.147. The van der Waals surface area contributed by atoms with Crippen LogP contribution in [0.2, 0.25) is 0 Å². The van der Waals surface area contributed by atoms with Gasteiger partial charge in [-0.15, -0.1) is 0 Å². The minimum absolute atomic E-state index is 0.373. The van der Waals surface area contributed by atoms with Gasteiger partial charge in [0, 0.05) is 22.4 Å². The van der Waals surface area contributed by atoms with E-state index in [1.165, 1.54) is 13.2 Å². The van der Waals surface area contributed by atoms with Gasteiger partial charge >= 0.3 is 11.6 Å². The third-order valence-corrected chi connectivity index (χ3v) is 4.55. The summed E-state index contributed by atoms with van der Waals surface area (Å²) < 4.78 is 27.0. The van der Waals surface area contributed by atoms with Crippen molar-refractivity contribution in [3.05, 3.63) is 59.0 Å². The topological polar surface area (TPSA) is 88.1 Å². The summed E-state index contributed by atoms with van der Waals surface area (Å²) in [7, 11) is 2.86. The number of furan rings is 1. The van der Waals surface area contributed by atoms with E-state index >= 15 is 0 Å². The number of ether oxygens (including phenoxy) is 3. The van der Waals surface area contributed by atoms with Crippen molar-refractivity contribution in [3.63, 3.8) is 0 Å². The fourth-order valence-electron chi connectivity index (χ4n) is 3.17. The molecule has 4 aromatic rings. The van der Waals surface area contributed by atoms with Gasteiger partial charge in [-0.05, 0) is 37.3 Å². The highest BCUT2D eigenvalue weighted by atomic mass is 16.6. The van der Waals surface area contributed by atoms with Crippen molar-refractivity contribution in [3.8, 4) is 22.8 Å². The second-order valence-electron chi connectivity index (χ2n) is 6.41. The van der Waals surface area contributed by atoms with E-state index in [2.05, 4.69) is 4.74 Å². The molecule has 1 atom stereocenters. The highest BCUT2D eigenvalue weighted by molar-refractivity contribution is 5.96. The van der Waals surface area contributed by atoms with Crippen LogP contribution in [0, 0.1) is 0 Å². The molecule has 0 fully saturated rings. The van der Waals surface area contributed by atoms with Crippen LogP contribution in [0.15, 0.2) is 62.2 Å². The van der Waals surface area contributed by atoms with Gasteiger partial charge in [-0.1, -0.05) is 12.1 Å². The van der Waals surface area contributed by atoms with E-state index in [0.29, 0.717) is 39.4 Å². The van der Waals surface area contributed by atoms with Crippen molar-refractivity contribution >= 4 is 27.9 Å². The smallest absolute Gasteiger partial charge is 0.346 e. The Kier molecular flexibility index (Phi) is 4.72. The van der Waals surface area contributed by atoms with Gasteiger partial charge in [0.1, 0.15) is 17.1 Å². The normalized spacial score (nSPS) is 12.1. The monoisotopic (exact) mass is 394 g/mol. The molecule has 0 spiro atoms. The van der Waals surface area contributed by atoms with Crippen molar-refractivity contribution in [2.24, 2.45) is 0 Å². The first-order valence-electron chi connectivity index (χ1n) is 8.89. The van der Waals surface area contributed by atoms with Crippen LogP contribution in [-0.4, -0.2) is 26.3 Å². The first-order chi connectivity index (χ1) is 14.0. The summed E-state index contributed by atoms with van der Waals surface area (Å²) in [6.45, 7) is 1.59. The fraction of sp³-hybridized carbons (Fsp3) is 0.182. The van der Waals surface area contributed by atoms with E-state index in [4.69, 9.17) is 18.3 Å². The molecule has 148 valence electrons. The lowest BCUT2D eigenvalue weighted by Gasteiger charge is -2.13. The Balaban J connectivity index is 1.86. The maximum Gasteiger partial charge on any atom is 0.346 e. The molecule has 0 unspecified atom stereocenters. The number of para-hydroxylation sites is 1. The highest BCUT2D eigenvalue weighted by Crippen LogP contribution is 2.36. The number of hydrogen-bond donors (Lipinski definition) is 0. The average molecular weight is 394 g/mol. The Hall–Kier alpha value is -3.74. The van der Waals surface area contributed by atoms with Crippen LogP contribution in [0.1, 0.15) is 6.92 Å². The molecule has 4 rings (SSSR count). The van der Waals surface area contributed by atoms with Crippen molar-refractivity contribution in [1.82, 2.24) is 0 Å². The molecule has 2 aromatic carbocycles. The molecule has 7 heteroatoms. The van der Waals surface area contributed by atoms with Crippen LogP contribution >= 0.6 is 0 Å². The summed E-state index contributed by atoms with van der Waals surface area (Å²) in [5.74, 6) is 1.02. The first-order valence-corrected chi connectivity index (χ1v) is 8.89. The van der Waals surface area contributed by atoms with Gasteiger partial charge in [0.05, 0.1) is 14.2 Å². The standard InChI is InChI=1S/C22H18O7/c1-12(22(24)26-3)27-14-7-8-17-15(10-14)16(11-20(23)28-17)19-9-13-5-4-6-18(25-2)21(13)29-19/h4-12H,1-3H3/t12-/m0/s1. The average Bonchev–Trinajstić information content (AvgIpc) is 3.16. The van der Waals surface area contributed by atoms with Gasteiger partial charge in [0.25, 0.3) is 0 Å². The third-order valence-electron chi connectivity index (χ3n) is 4.55. The zero-order chi connectivity index (χ0) is 20.5. The molecule has 2 heterocycles. The highest BCUT2D eigenvalue weighted by Gasteiger charge is 2.18. The lowest BCUT2D eigenvalue weighted by Crippen LogP contribution is -2.24. The summed E-state index contributed by atoms with van der Waals surface area (Å²) in [4.78, 5) is 23.7. The molecular weight excluding hydrogens is 376 g/mol. The predicted octanol–water partition coefficient (Wildman–Crippen LogP) is 4.16. The molecular formula is C22H18O7. The Bertz CT molecular complexity index is 1270.